The normalized spacial score (nSPS) is 24.8. The molecule has 11 heteroatoms. The lowest BCUT2D eigenvalue weighted by Crippen LogP contribution is -2.57. The Morgan fingerprint density at radius 2 is 1.61 bits per heavy atom. The number of piperazine rings is 1. The van der Waals surface area contributed by atoms with E-state index in [1.807, 2.05) is 20.8 Å². The second-order valence-electron chi connectivity index (χ2n) is 12.9. The highest BCUT2D eigenvalue weighted by Crippen LogP contribution is 2.39. The van der Waals surface area contributed by atoms with E-state index < -0.39 is 35.4 Å². The van der Waals surface area contributed by atoms with Crippen molar-refractivity contribution in [2.75, 3.05) is 39.3 Å². The molecule has 4 rings (SSSR count). The second kappa shape index (κ2) is 12.3. The Kier molecular flexibility index (Phi) is 9.35. The van der Waals surface area contributed by atoms with Crippen LogP contribution in [0.5, 0.6) is 0 Å². The molecule has 3 fully saturated rings. The summed E-state index contributed by atoms with van der Waals surface area (Å²) in [5.41, 5.74) is 0.0749. The van der Waals surface area contributed by atoms with Gasteiger partial charge in [-0.2, -0.15) is 0 Å². The Bertz CT molecular complexity index is 1120. The molecular weight excluding hydrogens is 540 g/mol. The number of nitrogens with one attached hydrogen (secondary N) is 1. The summed E-state index contributed by atoms with van der Waals surface area (Å²) in [6, 6.07) is 2.70. The fourth-order valence-corrected chi connectivity index (χ4v) is 6.46. The average molecular weight is 583 g/mol. The van der Waals surface area contributed by atoms with Gasteiger partial charge in [0.25, 0.3) is 0 Å². The third-order valence-electron chi connectivity index (χ3n) is 8.93. The first-order valence-corrected chi connectivity index (χ1v) is 14.6. The molecular formula is C30H42F4N4O3. The summed E-state index contributed by atoms with van der Waals surface area (Å²) in [6.07, 6.45) is 0.498. The fourth-order valence-electron chi connectivity index (χ4n) is 6.46. The number of benzene rings is 1. The molecule has 1 saturated carbocycles. The van der Waals surface area contributed by atoms with Crippen LogP contribution < -0.4 is 5.32 Å². The van der Waals surface area contributed by atoms with E-state index in [0.29, 0.717) is 37.9 Å². The van der Waals surface area contributed by atoms with Gasteiger partial charge in [0.15, 0.2) is 0 Å². The maximum Gasteiger partial charge on any atom is 0.248 e. The number of carbonyl (C=O) groups excluding carboxylic acids is 3. The van der Waals surface area contributed by atoms with Crippen LogP contribution in [-0.4, -0.2) is 89.2 Å². The molecule has 0 unspecified atom stereocenters. The van der Waals surface area contributed by atoms with Crippen LogP contribution in [0, 0.1) is 23.5 Å². The van der Waals surface area contributed by atoms with Crippen molar-refractivity contribution in [1.29, 1.82) is 0 Å². The van der Waals surface area contributed by atoms with E-state index in [1.54, 1.807) is 9.80 Å². The molecule has 3 atom stereocenters. The van der Waals surface area contributed by atoms with Gasteiger partial charge in [0.2, 0.25) is 23.6 Å². The molecule has 3 aliphatic rings. The average Bonchev–Trinajstić information content (AvgIpc) is 3.34. The summed E-state index contributed by atoms with van der Waals surface area (Å²) >= 11 is 0. The summed E-state index contributed by atoms with van der Waals surface area (Å²) in [5.74, 6) is -5.78. The van der Waals surface area contributed by atoms with Gasteiger partial charge in [0.1, 0.15) is 17.7 Å². The fraction of sp³-hybridized carbons (Fsp3) is 0.700. The first-order valence-electron chi connectivity index (χ1n) is 14.6. The first-order chi connectivity index (χ1) is 19.1. The van der Waals surface area contributed by atoms with Crippen LogP contribution in [0.2, 0.25) is 0 Å². The van der Waals surface area contributed by atoms with Crippen LogP contribution in [0.3, 0.4) is 0 Å². The molecule has 0 bridgehead atoms. The van der Waals surface area contributed by atoms with E-state index in [2.05, 4.69) is 10.2 Å². The Morgan fingerprint density at radius 1 is 1.00 bits per heavy atom. The quantitative estimate of drug-likeness (QED) is 0.512. The van der Waals surface area contributed by atoms with E-state index in [0.717, 1.165) is 6.07 Å². The number of alkyl halides is 2. The van der Waals surface area contributed by atoms with Gasteiger partial charge in [-0.05, 0) is 57.6 Å². The number of halogens is 4. The SMILES string of the molecule is CC(=O)N[C@@H](CC1CCC(F)(F)CC1)C(=O)N1CCN(C(=O)[C@@H]2CN(C(C)(C)C)C[C@H]2c2ccc(F)cc2F)CC1. The van der Waals surface area contributed by atoms with E-state index in [9.17, 15) is 31.9 Å². The van der Waals surface area contributed by atoms with Crippen molar-refractivity contribution < 1.29 is 31.9 Å². The van der Waals surface area contributed by atoms with E-state index in [4.69, 9.17) is 0 Å². The third-order valence-corrected chi connectivity index (χ3v) is 8.93. The minimum Gasteiger partial charge on any atom is -0.345 e. The number of nitrogens with zero attached hydrogens (tertiary/aromatic N) is 3. The van der Waals surface area contributed by atoms with Crippen molar-refractivity contribution in [3.8, 4) is 0 Å². The summed E-state index contributed by atoms with van der Waals surface area (Å²) in [6.45, 7) is 9.46. The lowest BCUT2D eigenvalue weighted by molar-refractivity contribution is -0.144. The molecule has 228 valence electrons. The zero-order valence-electron chi connectivity index (χ0n) is 24.4. The number of amides is 3. The minimum absolute atomic E-state index is 0.0739. The minimum atomic E-state index is -2.67. The number of carbonyl (C=O) groups is 3. The number of rotatable bonds is 6. The molecule has 1 aromatic rings. The molecule has 7 nitrogen and oxygen atoms in total. The van der Waals surface area contributed by atoms with Gasteiger partial charge in [-0.3, -0.25) is 19.3 Å². The second-order valence-corrected chi connectivity index (χ2v) is 12.9. The van der Waals surface area contributed by atoms with Crippen LogP contribution in [-0.2, 0) is 14.4 Å². The molecule has 2 saturated heterocycles. The van der Waals surface area contributed by atoms with Gasteiger partial charge in [-0.15, -0.1) is 0 Å². The van der Waals surface area contributed by atoms with Crippen LogP contribution in [0.25, 0.3) is 0 Å². The Morgan fingerprint density at radius 3 is 2.17 bits per heavy atom. The summed E-state index contributed by atoms with van der Waals surface area (Å²) in [4.78, 5) is 44.5. The van der Waals surface area contributed by atoms with Crippen molar-refractivity contribution >= 4 is 17.7 Å². The summed E-state index contributed by atoms with van der Waals surface area (Å²) < 4.78 is 55.7. The van der Waals surface area contributed by atoms with Crippen molar-refractivity contribution in [2.24, 2.45) is 11.8 Å². The highest BCUT2D eigenvalue weighted by molar-refractivity contribution is 5.87. The van der Waals surface area contributed by atoms with E-state index >= 15 is 0 Å². The summed E-state index contributed by atoms with van der Waals surface area (Å²) in [5, 5.41) is 2.71. The Hall–Kier alpha value is -2.69. The summed E-state index contributed by atoms with van der Waals surface area (Å²) in [7, 11) is 0. The molecule has 3 amide bonds. The lowest BCUT2D eigenvalue weighted by Gasteiger charge is -2.39. The van der Waals surface area contributed by atoms with Gasteiger partial charge in [0, 0.05) is 76.6 Å². The van der Waals surface area contributed by atoms with Crippen LogP contribution in [0.1, 0.15) is 71.3 Å². The molecule has 0 spiro atoms. The zero-order valence-corrected chi connectivity index (χ0v) is 24.4. The molecule has 0 aromatic heterocycles. The van der Waals surface area contributed by atoms with E-state index in [-0.39, 0.29) is 68.2 Å². The monoisotopic (exact) mass is 582 g/mol. The van der Waals surface area contributed by atoms with E-state index in [1.165, 1.54) is 19.1 Å². The molecule has 1 N–H and O–H groups in total. The molecule has 0 radical (unpaired) electrons. The molecule has 2 heterocycles. The molecule has 41 heavy (non-hydrogen) atoms. The lowest BCUT2D eigenvalue weighted by atomic mass is 9.82. The largest absolute Gasteiger partial charge is 0.345 e. The van der Waals surface area contributed by atoms with Crippen molar-refractivity contribution in [3.05, 3.63) is 35.4 Å². The molecule has 1 aromatic carbocycles. The van der Waals surface area contributed by atoms with Crippen molar-refractivity contribution in [1.82, 2.24) is 20.0 Å². The predicted molar refractivity (Wildman–Crippen MR) is 146 cm³/mol. The Balaban J connectivity index is 1.41. The maximum absolute atomic E-state index is 14.8. The third kappa shape index (κ3) is 7.59. The number of likely N-dealkylation sites (tertiary alicyclic amines) is 1. The maximum atomic E-state index is 14.8. The number of hydrogen-bond donors (Lipinski definition) is 1. The zero-order chi connectivity index (χ0) is 30.1. The van der Waals surface area contributed by atoms with Gasteiger partial charge >= 0.3 is 0 Å². The smallest absolute Gasteiger partial charge is 0.248 e. The highest BCUT2D eigenvalue weighted by Gasteiger charge is 2.45. The molecule has 1 aliphatic carbocycles. The first kappa shape index (κ1) is 31.3. The van der Waals surface area contributed by atoms with Gasteiger partial charge < -0.3 is 15.1 Å². The van der Waals surface area contributed by atoms with Crippen LogP contribution in [0.15, 0.2) is 18.2 Å². The standard InChI is InChI=1S/C30H42F4N4O3/c1-19(39)35-26(15-20-7-9-30(33,34)10-8-20)28(41)37-13-11-36(12-14-37)27(40)24-18-38(29(2,3)4)17-23(24)22-6-5-21(31)16-25(22)32/h5-6,16,20,23-24,26H,7-15,17-18H2,1-4H3,(H,35,39)/t23-,24+,26-/m0/s1. The van der Waals surface area contributed by atoms with Crippen LogP contribution >= 0.6 is 0 Å². The van der Waals surface area contributed by atoms with Crippen molar-refractivity contribution in [3.63, 3.8) is 0 Å². The van der Waals surface area contributed by atoms with Gasteiger partial charge in [-0.25, -0.2) is 17.6 Å². The van der Waals surface area contributed by atoms with Gasteiger partial charge in [0.05, 0.1) is 5.92 Å². The predicted octanol–water partition coefficient (Wildman–Crippen LogP) is 4.17. The highest BCUT2D eigenvalue weighted by atomic mass is 19.3. The number of hydrogen-bond acceptors (Lipinski definition) is 4. The van der Waals surface area contributed by atoms with Gasteiger partial charge in [-0.1, -0.05) is 6.07 Å². The van der Waals surface area contributed by atoms with Crippen LogP contribution in [0.4, 0.5) is 17.6 Å². The molecule has 2 aliphatic heterocycles. The van der Waals surface area contributed by atoms with Crippen molar-refractivity contribution in [2.45, 2.75) is 83.2 Å². The Labute approximate surface area is 239 Å². The topological polar surface area (TPSA) is 73.0 Å².